The van der Waals surface area contributed by atoms with Gasteiger partial charge in [0.25, 0.3) is 0 Å². The molecule has 4 nitrogen and oxygen atoms in total. The van der Waals surface area contributed by atoms with E-state index in [1.165, 1.54) is 6.07 Å². The molecule has 0 heterocycles. The van der Waals surface area contributed by atoms with Gasteiger partial charge in [0.05, 0.1) is 0 Å². The number of aryl methyl sites for hydroxylation is 1. The minimum Gasteiger partial charge on any atom is -0.508 e. The molecule has 0 saturated heterocycles. The molecular formula is C15H14O4. The molecule has 4 heteroatoms. The summed E-state index contributed by atoms with van der Waals surface area (Å²) in [4.78, 5) is 10.5. The summed E-state index contributed by atoms with van der Waals surface area (Å²) in [6.07, 6.45) is 0.246. The van der Waals surface area contributed by atoms with E-state index in [4.69, 9.17) is 9.84 Å². The second kappa shape index (κ2) is 5.91. The van der Waals surface area contributed by atoms with E-state index < -0.39 is 5.97 Å². The van der Waals surface area contributed by atoms with Crippen LogP contribution >= 0.6 is 0 Å². The van der Waals surface area contributed by atoms with Crippen LogP contribution in [0.1, 0.15) is 12.0 Å². The lowest BCUT2D eigenvalue weighted by molar-refractivity contribution is -0.136. The summed E-state index contributed by atoms with van der Waals surface area (Å²) >= 11 is 0. The maximum Gasteiger partial charge on any atom is 0.303 e. The predicted octanol–water partition coefficient (Wildman–Crippen LogP) is 3.20. The summed E-state index contributed by atoms with van der Waals surface area (Å²) in [5, 5.41) is 18.3. The highest BCUT2D eigenvalue weighted by atomic mass is 16.5. The molecule has 0 atom stereocenters. The van der Waals surface area contributed by atoms with Gasteiger partial charge in [0, 0.05) is 6.42 Å². The quantitative estimate of drug-likeness (QED) is 0.864. The van der Waals surface area contributed by atoms with Crippen LogP contribution in [0.15, 0.2) is 48.5 Å². The lowest BCUT2D eigenvalue weighted by Gasteiger charge is -2.08. The molecule has 2 aromatic rings. The predicted molar refractivity (Wildman–Crippen MR) is 70.6 cm³/mol. The first-order valence-electron chi connectivity index (χ1n) is 5.92. The van der Waals surface area contributed by atoms with E-state index in [0.29, 0.717) is 17.1 Å². The van der Waals surface area contributed by atoms with Crippen molar-refractivity contribution in [3.8, 4) is 17.2 Å². The highest BCUT2D eigenvalue weighted by Gasteiger charge is 2.07. The number of ether oxygens (including phenoxy) is 1. The van der Waals surface area contributed by atoms with Crippen LogP contribution in [0, 0.1) is 0 Å². The third-order valence-electron chi connectivity index (χ3n) is 2.64. The molecular weight excluding hydrogens is 244 g/mol. The van der Waals surface area contributed by atoms with Gasteiger partial charge in [-0.05, 0) is 42.3 Å². The molecule has 2 rings (SSSR count). The molecule has 0 aliphatic rings. The number of rotatable bonds is 5. The molecule has 98 valence electrons. The van der Waals surface area contributed by atoms with Crippen molar-refractivity contribution in [2.75, 3.05) is 0 Å². The molecule has 0 fully saturated rings. The topological polar surface area (TPSA) is 66.8 Å². The van der Waals surface area contributed by atoms with E-state index in [1.54, 1.807) is 12.1 Å². The van der Waals surface area contributed by atoms with E-state index in [0.717, 1.165) is 0 Å². The zero-order chi connectivity index (χ0) is 13.7. The average Bonchev–Trinajstić information content (AvgIpc) is 2.40. The number of benzene rings is 2. The van der Waals surface area contributed by atoms with Crippen molar-refractivity contribution in [1.29, 1.82) is 0 Å². The number of carboxylic acid groups (broad SMARTS) is 1. The number of aliphatic carboxylic acids is 1. The number of aromatic hydroxyl groups is 1. The van der Waals surface area contributed by atoms with Crippen molar-refractivity contribution >= 4 is 5.97 Å². The molecule has 0 saturated carbocycles. The molecule has 0 amide bonds. The molecule has 0 spiro atoms. The maximum atomic E-state index is 10.5. The van der Waals surface area contributed by atoms with Gasteiger partial charge in [-0.15, -0.1) is 0 Å². The Kier molecular flexibility index (Phi) is 4.03. The Labute approximate surface area is 110 Å². The lowest BCUT2D eigenvalue weighted by atomic mass is 10.1. The Morgan fingerprint density at radius 1 is 1.05 bits per heavy atom. The monoisotopic (exact) mass is 258 g/mol. The van der Waals surface area contributed by atoms with Crippen LogP contribution in [-0.2, 0) is 11.2 Å². The third-order valence-corrected chi connectivity index (χ3v) is 2.64. The fourth-order valence-corrected chi connectivity index (χ4v) is 1.69. The van der Waals surface area contributed by atoms with Gasteiger partial charge >= 0.3 is 5.97 Å². The Morgan fingerprint density at radius 3 is 2.47 bits per heavy atom. The Morgan fingerprint density at radius 2 is 1.79 bits per heavy atom. The minimum atomic E-state index is -0.895. The Hall–Kier alpha value is -2.49. The summed E-state index contributed by atoms with van der Waals surface area (Å²) in [6, 6.07) is 14.1. The van der Waals surface area contributed by atoms with Crippen LogP contribution in [0.2, 0.25) is 0 Å². The van der Waals surface area contributed by atoms with Crippen molar-refractivity contribution < 1.29 is 19.7 Å². The van der Waals surface area contributed by atoms with Gasteiger partial charge in [-0.2, -0.15) is 0 Å². The zero-order valence-corrected chi connectivity index (χ0v) is 10.2. The number of hydrogen-bond donors (Lipinski definition) is 2. The fourth-order valence-electron chi connectivity index (χ4n) is 1.69. The Bertz CT molecular complexity index is 564. The van der Waals surface area contributed by atoms with Gasteiger partial charge < -0.3 is 14.9 Å². The zero-order valence-electron chi connectivity index (χ0n) is 10.2. The normalized spacial score (nSPS) is 10.1. The van der Waals surface area contributed by atoms with E-state index >= 15 is 0 Å². The summed E-state index contributed by atoms with van der Waals surface area (Å²) in [7, 11) is 0. The second-order valence-corrected chi connectivity index (χ2v) is 4.10. The number of para-hydroxylation sites is 1. The van der Waals surface area contributed by atoms with Gasteiger partial charge in [0.2, 0.25) is 0 Å². The minimum absolute atomic E-state index is 0.0254. The first-order chi connectivity index (χ1) is 9.15. The smallest absolute Gasteiger partial charge is 0.303 e. The van der Waals surface area contributed by atoms with Crippen molar-refractivity contribution in [3.05, 3.63) is 54.1 Å². The van der Waals surface area contributed by atoms with Crippen LogP contribution in [0.4, 0.5) is 0 Å². The standard InChI is InChI=1S/C15H14O4/c16-14-8-7-13(10-11(14)6-9-15(17)18)19-12-4-2-1-3-5-12/h1-5,7-8,10,16H,6,9H2,(H,17,18). The fraction of sp³-hybridized carbons (Fsp3) is 0.133. The van der Waals surface area contributed by atoms with E-state index in [-0.39, 0.29) is 18.6 Å². The molecule has 0 aliphatic heterocycles. The van der Waals surface area contributed by atoms with Gasteiger partial charge in [0.1, 0.15) is 17.2 Å². The van der Waals surface area contributed by atoms with E-state index in [2.05, 4.69) is 0 Å². The first-order valence-corrected chi connectivity index (χ1v) is 5.92. The molecule has 0 aliphatic carbocycles. The number of phenolic OH excluding ortho intramolecular Hbond substituents is 1. The summed E-state index contributed by atoms with van der Waals surface area (Å²) in [6.45, 7) is 0. The largest absolute Gasteiger partial charge is 0.508 e. The van der Waals surface area contributed by atoms with E-state index in [9.17, 15) is 9.90 Å². The summed E-state index contributed by atoms with van der Waals surface area (Å²) in [5.74, 6) is 0.456. The molecule has 2 N–H and O–H groups in total. The third kappa shape index (κ3) is 3.74. The van der Waals surface area contributed by atoms with Crippen molar-refractivity contribution in [2.24, 2.45) is 0 Å². The van der Waals surface area contributed by atoms with Gasteiger partial charge in [0.15, 0.2) is 0 Å². The lowest BCUT2D eigenvalue weighted by Crippen LogP contribution is -1.98. The van der Waals surface area contributed by atoms with Crippen LogP contribution in [-0.4, -0.2) is 16.2 Å². The van der Waals surface area contributed by atoms with Crippen molar-refractivity contribution in [1.82, 2.24) is 0 Å². The highest BCUT2D eigenvalue weighted by Crippen LogP contribution is 2.27. The van der Waals surface area contributed by atoms with Gasteiger partial charge in [-0.3, -0.25) is 4.79 Å². The summed E-state index contributed by atoms with van der Waals surface area (Å²) < 4.78 is 5.62. The molecule has 0 bridgehead atoms. The molecule has 0 aromatic heterocycles. The number of phenols is 1. The molecule has 2 aromatic carbocycles. The molecule has 0 radical (unpaired) electrons. The van der Waals surface area contributed by atoms with Crippen LogP contribution in [0.5, 0.6) is 17.2 Å². The molecule has 0 unspecified atom stereocenters. The highest BCUT2D eigenvalue weighted by molar-refractivity contribution is 5.67. The number of hydrogen-bond acceptors (Lipinski definition) is 3. The Balaban J connectivity index is 2.14. The van der Waals surface area contributed by atoms with Crippen LogP contribution in [0.3, 0.4) is 0 Å². The average molecular weight is 258 g/mol. The van der Waals surface area contributed by atoms with Crippen molar-refractivity contribution in [2.45, 2.75) is 12.8 Å². The van der Waals surface area contributed by atoms with Gasteiger partial charge in [-0.25, -0.2) is 0 Å². The first kappa shape index (κ1) is 13.0. The van der Waals surface area contributed by atoms with Gasteiger partial charge in [-0.1, -0.05) is 18.2 Å². The maximum absolute atomic E-state index is 10.5. The molecule has 19 heavy (non-hydrogen) atoms. The van der Waals surface area contributed by atoms with Crippen LogP contribution < -0.4 is 4.74 Å². The van der Waals surface area contributed by atoms with Crippen LogP contribution in [0.25, 0.3) is 0 Å². The SMILES string of the molecule is O=C(O)CCc1cc(Oc2ccccc2)ccc1O. The second-order valence-electron chi connectivity index (χ2n) is 4.10. The number of carboxylic acids is 1. The number of carbonyl (C=O) groups is 1. The van der Waals surface area contributed by atoms with E-state index in [1.807, 2.05) is 30.3 Å². The van der Waals surface area contributed by atoms with Crippen molar-refractivity contribution in [3.63, 3.8) is 0 Å². The summed E-state index contributed by atoms with van der Waals surface area (Å²) in [5.41, 5.74) is 0.566.